The fraction of sp³-hybridized carbons (Fsp3) is 0.208. The van der Waals surface area contributed by atoms with Crippen molar-refractivity contribution in [2.45, 2.75) is 33.1 Å². The topological polar surface area (TPSA) is 60.4 Å². The Balaban J connectivity index is 1.73. The molecule has 0 spiro atoms. The Kier molecular flexibility index (Phi) is 6.53. The standard InChI is InChI=1S/C24H21Br2N3O2/c1-3-4-5-23-28-21-10-7-16(25)13-19(21)24(30)29(23)27-14-17-8-11-22(31-17)18-9-6-15(2)12-20(18)26/h6-14H,3-5H2,1-2H3. The first-order valence-electron chi connectivity index (χ1n) is 10.1. The summed E-state index contributed by atoms with van der Waals surface area (Å²) in [7, 11) is 0. The largest absolute Gasteiger partial charge is 0.455 e. The van der Waals surface area contributed by atoms with Crippen molar-refractivity contribution in [2.75, 3.05) is 0 Å². The third-order valence-electron chi connectivity index (χ3n) is 4.95. The molecule has 158 valence electrons. The van der Waals surface area contributed by atoms with Crippen LogP contribution in [-0.4, -0.2) is 15.9 Å². The van der Waals surface area contributed by atoms with Crippen LogP contribution in [-0.2, 0) is 6.42 Å². The van der Waals surface area contributed by atoms with Crippen LogP contribution in [0.4, 0.5) is 0 Å². The van der Waals surface area contributed by atoms with Gasteiger partial charge in [0.25, 0.3) is 5.56 Å². The molecule has 0 N–H and O–H groups in total. The van der Waals surface area contributed by atoms with E-state index in [0.717, 1.165) is 33.1 Å². The Hall–Kier alpha value is -2.51. The number of halogens is 2. The minimum absolute atomic E-state index is 0.193. The number of benzene rings is 2. The zero-order valence-corrected chi connectivity index (χ0v) is 20.4. The number of hydrogen-bond donors (Lipinski definition) is 0. The first kappa shape index (κ1) is 21.7. The summed E-state index contributed by atoms with van der Waals surface area (Å²) in [4.78, 5) is 17.8. The SMILES string of the molecule is CCCCc1nc2ccc(Br)cc2c(=O)n1N=Cc1ccc(-c2ccc(C)cc2Br)o1. The highest BCUT2D eigenvalue weighted by Gasteiger charge is 2.12. The summed E-state index contributed by atoms with van der Waals surface area (Å²) in [6.45, 7) is 4.15. The Labute approximate surface area is 197 Å². The van der Waals surface area contributed by atoms with E-state index in [1.165, 1.54) is 10.2 Å². The lowest BCUT2D eigenvalue weighted by molar-refractivity contribution is 0.573. The highest BCUT2D eigenvalue weighted by molar-refractivity contribution is 9.10. The van der Waals surface area contributed by atoms with Gasteiger partial charge in [0.1, 0.15) is 17.3 Å². The molecule has 7 heteroatoms. The minimum Gasteiger partial charge on any atom is -0.455 e. The molecule has 0 aliphatic rings. The molecule has 0 amide bonds. The summed E-state index contributed by atoms with van der Waals surface area (Å²) in [5, 5.41) is 4.97. The summed E-state index contributed by atoms with van der Waals surface area (Å²) < 4.78 is 9.13. The summed E-state index contributed by atoms with van der Waals surface area (Å²) in [5.41, 5.74) is 2.61. The lowest BCUT2D eigenvalue weighted by Crippen LogP contribution is -2.22. The number of rotatable bonds is 6. The first-order chi connectivity index (χ1) is 15.0. The van der Waals surface area contributed by atoms with Crippen LogP contribution in [0.15, 0.2) is 71.8 Å². The maximum absolute atomic E-state index is 13.1. The molecule has 0 unspecified atom stereocenters. The van der Waals surface area contributed by atoms with E-state index in [1.54, 1.807) is 12.3 Å². The molecule has 2 heterocycles. The summed E-state index contributed by atoms with van der Waals surface area (Å²) in [5.74, 6) is 1.93. The fourth-order valence-corrected chi connectivity index (χ4v) is 4.36. The fourth-order valence-electron chi connectivity index (χ4n) is 3.31. The van der Waals surface area contributed by atoms with Crippen LogP contribution in [0, 0.1) is 6.92 Å². The monoisotopic (exact) mass is 541 g/mol. The quantitative estimate of drug-likeness (QED) is 0.254. The van der Waals surface area contributed by atoms with Crippen LogP contribution >= 0.6 is 31.9 Å². The van der Waals surface area contributed by atoms with Crippen molar-refractivity contribution >= 4 is 49.0 Å². The molecule has 0 fully saturated rings. The van der Waals surface area contributed by atoms with Crippen LogP contribution in [0.1, 0.15) is 36.9 Å². The molecule has 2 aromatic carbocycles. The average molecular weight is 543 g/mol. The molecule has 0 radical (unpaired) electrons. The highest BCUT2D eigenvalue weighted by Crippen LogP contribution is 2.30. The third-order valence-corrected chi connectivity index (χ3v) is 6.10. The first-order valence-corrected chi connectivity index (χ1v) is 11.7. The Bertz CT molecular complexity index is 1340. The van der Waals surface area contributed by atoms with Gasteiger partial charge in [0.15, 0.2) is 0 Å². The Morgan fingerprint density at radius 3 is 2.74 bits per heavy atom. The molecular formula is C24H21Br2N3O2. The second-order valence-corrected chi connectivity index (χ2v) is 9.11. The third kappa shape index (κ3) is 4.72. The van der Waals surface area contributed by atoms with Crippen molar-refractivity contribution < 1.29 is 4.42 Å². The lowest BCUT2D eigenvalue weighted by atomic mass is 10.1. The predicted molar refractivity (Wildman–Crippen MR) is 132 cm³/mol. The van der Waals surface area contributed by atoms with Crippen LogP contribution in [0.5, 0.6) is 0 Å². The number of aryl methyl sites for hydroxylation is 2. The van der Waals surface area contributed by atoms with Crippen LogP contribution in [0.3, 0.4) is 0 Å². The van der Waals surface area contributed by atoms with Crippen molar-refractivity contribution in [1.82, 2.24) is 9.66 Å². The van der Waals surface area contributed by atoms with E-state index in [9.17, 15) is 4.79 Å². The van der Waals surface area contributed by atoms with Crippen molar-refractivity contribution in [3.63, 3.8) is 0 Å². The molecule has 4 aromatic rings. The van der Waals surface area contributed by atoms with Crippen molar-refractivity contribution in [2.24, 2.45) is 5.10 Å². The number of nitrogens with zero attached hydrogens (tertiary/aromatic N) is 3. The summed E-state index contributed by atoms with van der Waals surface area (Å²) in [6.07, 6.45) is 4.17. The number of hydrogen-bond acceptors (Lipinski definition) is 4. The Morgan fingerprint density at radius 1 is 1.13 bits per heavy atom. The second kappa shape index (κ2) is 9.32. The smallest absolute Gasteiger partial charge is 0.282 e. The van der Waals surface area contributed by atoms with Crippen molar-refractivity contribution in [1.29, 1.82) is 0 Å². The molecule has 31 heavy (non-hydrogen) atoms. The summed E-state index contributed by atoms with van der Waals surface area (Å²) >= 11 is 7.02. The molecule has 0 saturated carbocycles. The number of fused-ring (bicyclic) bond motifs is 1. The lowest BCUT2D eigenvalue weighted by Gasteiger charge is -2.09. The van der Waals surface area contributed by atoms with E-state index in [2.05, 4.69) is 43.9 Å². The number of aromatic nitrogens is 2. The maximum atomic E-state index is 13.1. The van der Waals surface area contributed by atoms with Crippen LogP contribution in [0.2, 0.25) is 0 Å². The number of furan rings is 1. The zero-order chi connectivity index (χ0) is 22.0. The molecular weight excluding hydrogens is 522 g/mol. The van der Waals surface area contributed by atoms with E-state index in [4.69, 9.17) is 9.40 Å². The van der Waals surface area contributed by atoms with Crippen molar-refractivity contribution in [3.05, 3.63) is 85.0 Å². The van der Waals surface area contributed by atoms with E-state index >= 15 is 0 Å². The molecule has 0 bridgehead atoms. The van der Waals surface area contributed by atoms with Gasteiger partial charge in [-0.05, 0) is 61.4 Å². The van der Waals surface area contributed by atoms with E-state index < -0.39 is 0 Å². The van der Waals surface area contributed by atoms with E-state index in [1.807, 2.05) is 49.4 Å². The summed E-state index contributed by atoms with van der Waals surface area (Å²) in [6, 6.07) is 15.3. The van der Waals surface area contributed by atoms with Gasteiger partial charge in [0.05, 0.1) is 17.1 Å². The Morgan fingerprint density at radius 2 is 1.97 bits per heavy atom. The molecule has 5 nitrogen and oxygen atoms in total. The van der Waals surface area contributed by atoms with Gasteiger partial charge in [-0.15, -0.1) is 0 Å². The van der Waals surface area contributed by atoms with Gasteiger partial charge >= 0.3 is 0 Å². The van der Waals surface area contributed by atoms with Gasteiger partial charge in [-0.2, -0.15) is 9.78 Å². The van der Waals surface area contributed by atoms with E-state index in [-0.39, 0.29) is 5.56 Å². The molecule has 2 aromatic heterocycles. The minimum atomic E-state index is -0.193. The average Bonchev–Trinajstić information content (AvgIpc) is 3.21. The molecule has 0 saturated heterocycles. The van der Waals surface area contributed by atoms with Gasteiger partial charge in [-0.1, -0.05) is 51.3 Å². The highest BCUT2D eigenvalue weighted by atomic mass is 79.9. The van der Waals surface area contributed by atoms with E-state index in [0.29, 0.717) is 28.9 Å². The van der Waals surface area contributed by atoms with Gasteiger partial charge in [-0.25, -0.2) is 4.98 Å². The maximum Gasteiger partial charge on any atom is 0.282 e. The van der Waals surface area contributed by atoms with Gasteiger partial charge in [0, 0.05) is 20.9 Å². The van der Waals surface area contributed by atoms with Crippen LogP contribution in [0.25, 0.3) is 22.2 Å². The zero-order valence-electron chi connectivity index (χ0n) is 17.2. The van der Waals surface area contributed by atoms with Gasteiger partial charge in [0.2, 0.25) is 0 Å². The van der Waals surface area contributed by atoms with Gasteiger partial charge in [-0.3, -0.25) is 4.79 Å². The molecule has 0 aliphatic carbocycles. The van der Waals surface area contributed by atoms with Gasteiger partial charge < -0.3 is 4.42 Å². The van der Waals surface area contributed by atoms with Crippen molar-refractivity contribution in [3.8, 4) is 11.3 Å². The second-order valence-electron chi connectivity index (χ2n) is 7.34. The van der Waals surface area contributed by atoms with Crippen LogP contribution < -0.4 is 5.56 Å². The molecule has 0 aliphatic heterocycles. The predicted octanol–water partition coefficient (Wildman–Crippen LogP) is 6.71. The molecule has 0 atom stereocenters. The normalized spacial score (nSPS) is 11.6. The number of unbranched alkanes of at least 4 members (excludes halogenated alkanes) is 1. The molecule has 4 rings (SSSR count).